The number of para-hydroxylation sites is 1. The van der Waals surface area contributed by atoms with E-state index >= 15 is 0 Å². The molecule has 4 aromatic rings. The van der Waals surface area contributed by atoms with E-state index in [0.29, 0.717) is 21.7 Å². The van der Waals surface area contributed by atoms with Crippen molar-refractivity contribution in [3.8, 4) is 11.8 Å². The largest absolute Gasteiger partial charge is 0.459 e. The Labute approximate surface area is 197 Å². The molecule has 2 heterocycles. The summed E-state index contributed by atoms with van der Waals surface area (Å²) < 4.78 is 21.9. The number of furan rings is 1. The van der Waals surface area contributed by atoms with Crippen LogP contribution in [0.5, 0.6) is 0 Å². The normalized spacial score (nSPS) is 12.0. The number of aromatic nitrogens is 1. The first-order chi connectivity index (χ1) is 16.4. The van der Waals surface area contributed by atoms with Crippen LogP contribution < -0.4 is 5.32 Å². The van der Waals surface area contributed by atoms with E-state index in [0.717, 1.165) is 0 Å². The lowest BCUT2D eigenvalue weighted by Crippen LogP contribution is -2.11. The van der Waals surface area contributed by atoms with Crippen LogP contribution in [0, 0.1) is 11.8 Å². The molecule has 2 aromatic carbocycles. The maximum atomic E-state index is 12.9. The highest BCUT2D eigenvalue weighted by molar-refractivity contribution is 7.93. The van der Waals surface area contributed by atoms with E-state index in [1.165, 1.54) is 31.0 Å². The summed E-state index contributed by atoms with van der Waals surface area (Å²) in [5.41, 5.74) is 1.73. The minimum atomic E-state index is -2.90. The predicted molar refractivity (Wildman–Crippen MR) is 129 cm³/mol. The number of hydrogen-bond acceptors (Lipinski definition) is 5. The fourth-order valence-corrected chi connectivity index (χ4v) is 4.18. The first-order valence-corrected chi connectivity index (χ1v) is 12.1. The van der Waals surface area contributed by atoms with Crippen molar-refractivity contribution < 1.29 is 18.2 Å². The van der Waals surface area contributed by atoms with Crippen LogP contribution in [0.2, 0.25) is 0 Å². The molecule has 8 heteroatoms. The molecule has 4 rings (SSSR count). The van der Waals surface area contributed by atoms with Gasteiger partial charge in [0.05, 0.1) is 27.2 Å². The summed E-state index contributed by atoms with van der Waals surface area (Å²) >= 11 is 0. The highest BCUT2D eigenvalue weighted by atomic mass is 32.2. The predicted octanol–water partition coefficient (Wildman–Crippen LogP) is 4.62. The number of anilines is 1. The Morgan fingerprint density at radius 1 is 0.971 bits per heavy atom. The van der Waals surface area contributed by atoms with Gasteiger partial charge in [0.15, 0.2) is 5.76 Å². The maximum absolute atomic E-state index is 12.9. The fraction of sp³-hybridized carbons (Fsp3) is 0.0385. The van der Waals surface area contributed by atoms with Crippen LogP contribution in [0.3, 0.4) is 0 Å². The second-order valence-corrected chi connectivity index (χ2v) is 9.46. The summed E-state index contributed by atoms with van der Waals surface area (Å²) in [6.07, 6.45) is 5.71. The number of nitrogens with one attached hydrogen (secondary N) is 1. The Morgan fingerprint density at radius 3 is 2.50 bits per heavy atom. The topological polar surface area (TPSA) is 102 Å². The summed E-state index contributed by atoms with van der Waals surface area (Å²) in [5.74, 6) is 5.09. The van der Waals surface area contributed by atoms with E-state index in [1.807, 2.05) is 0 Å². The van der Waals surface area contributed by atoms with Gasteiger partial charge in [-0.15, -0.1) is 0 Å². The van der Waals surface area contributed by atoms with Gasteiger partial charge >= 0.3 is 0 Å². The standard InChI is InChI=1S/C26H19N3O4S/c1-34(32,22-9-3-2-4-10-22)29-25(30)21-16-19(17-27-18-21)13-14-20-8-5-6-11-23(20)28-26(31)24-12-7-15-33-24/h2-12,15-18H,1H3,(H,28,31)/t34-/m0/s1. The molecular weight excluding hydrogens is 450 g/mol. The van der Waals surface area contributed by atoms with E-state index in [9.17, 15) is 13.8 Å². The fourth-order valence-electron chi connectivity index (χ4n) is 2.99. The van der Waals surface area contributed by atoms with Crippen LogP contribution in [0.15, 0.2) is 105 Å². The van der Waals surface area contributed by atoms with Crippen molar-refractivity contribution in [2.24, 2.45) is 4.36 Å². The molecule has 0 aliphatic carbocycles. The summed E-state index contributed by atoms with van der Waals surface area (Å²) in [4.78, 5) is 29.5. The third kappa shape index (κ3) is 5.46. The quantitative estimate of drug-likeness (QED) is 0.439. The molecule has 0 aliphatic rings. The van der Waals surface area contributed by atoms with Crippen molar-refractivity contribution >= 4 is 27.2 Å². The Balaban J connectivity index is 1.57. The third-order valence-electron chi connectivity index (χ3n) is 4.68. The second kappa shape index (κ2) is 9.98. The minimum Gasteiger partial charge on any atom is -0.459 e. The molecule has 34 heavy (non-hydrogen) atoms. The Hall–Kier alpha value is -4.48. The van der Waals surface area contributed by atoms with Crippen LogP contribution in [0.1, 0.15) is 32.0 Å². The van der Waals surface area contributed by atoms with E-state index in [-0.39, 0.29) is 11.3 Å². The molecule has 1 atom stereocenters. The van der Waals surface area contributed by atoms with Gasteiger partial charge in [-0.2, -0.15) is 4.36 Å². The molecule has 168 valence electrons. The van der Waals surface area contributed by atoms with Crippen LogP contribution >= 0.6 is 0 Å². The number of pyridine rings is 1. The molecule has 2 amide bonds. The minimum absolute atomic E-state index is 0.178. The van der Waals surface area contributed by atoms with E-state index in [2.05, 4.69) is 26.5 Å². The lowest BCUT2D eigenvalue weighted by Gasteiger charge is -2.05. The van der Waals surface area contributed by atoms with Crippen LogP contribution in [0.25, 0.3) is 0 Å². The monoisotopic (exact) mass is 469 g/mol. The Bertz CT molecular complexity index is 1530. The Kier molecular flexibility index (Phi) is 6.67. The van der Waals surface area contributed by atoms with Gasteiger partial charge in [-0.05, 0) is 42.5 Å². The third-order valence-corrected chi connectivity index (χ3v) is 6.35. The first-order valence-electron chi connectivity index (χ1n) is 10.1. The zero-order valence-corrected chi connectivity index (χ0v) is 18.9. The van der Waals surface area contributed by atoms with Crippen molar-refractivity contribution in [2.75, 3.05) is 11.6 Å². The maximum Gasteiger partial charge on any atom is 0.291 e. The molecular formula is C26H19N3O4S. The summed E-state index contributed by atoms with van der Waals surface area (Å²) in [7, 11) is -2.90. The van der Waals surface area contributed by atoms with Gasteiger partial charge in [-0.1, -0.05) is 42.2 Å². The van der Waals surface area contributed by atoms with Gasteiger partial charge in [0.2, 0.25) is 0 Å². The van der Waals surface area contributed by atoms with Gasteiger partial charge in [0.1, 0.15) is 0 Å². The molecule has 0 radical (unpaired) electrons. The smallest absolute Gasteiger partial charge is 0.291 e. The lowest BCUT2D eigenvalue weighted by atomic mass is 10.1. The molecule has 7 nitrogen and oxygen atoms in total. The zero-order chi connectivity index (χ0) is 24.0. The van der Waals surface area contributed by atoms with Gasteiger partial charge in [0.25, 0.3) is 11.8 Å². The van der Waals surface area contributed by atoms with E-state index in [4.69, 9.17) is 4.42 Å². The van der Waals surface area contributed by atoms with Crippen molar-refractivity contribution in [3.05, 3.63) is 114 Å². The molecule has 0 unspecified atom stereocenters. The van der Waals surface area contributed by atoms with E-state index in [1.54, 1.807) is 66.7 Å². The average molecular weight is 470 g/mol. The number of carbonyl (C=O) groups is 2. The number of benzene rings is 2. The number of hydrogen-bond donors (Lipinski definition) is 1. The summed E-state index contributed by atoms with van der Waals surface area (Å²) in [6, 6.07) is 20.4. The molecule has 0 saturated carbocycles. The second-order valence-electron chi connectivity index (χ2n) is 7.20. The molecule has 1 N–H and O–H groups in total. The van der Waals surface area contributed by atoms with Crippen molar-refractivity contribution in [1.82, 2.24) is 4.98 Å². The van der Waals surface area contributed by atoms with Gasteiger partial charge < -0.3 is 9.73 Å². The molecule has 0 spiro atoms. The lowest BCUT2D eigenvalue weighted by molar-refractivity contribution is 0.0991. The average Bonchev–Trinajstić information content (AvgIpc) is 3.39. The molecule has 0 aliphatic heterocycles. The number of amides is 2. The van der Waals surface area contributed by atoms with Gasteiger partial charge in [-0.3, -0.25) is 14.6 Å². The molecule has 0 saturated heterocycles. The van der Waals surface area contributed by atoms with Crippen LogP contribution in [0.4, 0.5) is 5.69 Å². The summed E-state index contributed by atoms with van der Waals surface area (Å²) in [6.45, 7) is 0. The van der Waals surface area contributed by atoms with Crippen molar-refractivity contribution in [1.29, 1.82) is 0 Å². The molecule has 2 aromatic heterocycles. The van der Waals surface area contributed by atoms with Crippen molar-refractivity contribution in [3.63, 3.8) is 0 Å². The Morgan fingerprint density at radius 2 is 1.74 bits per heavy atom. The zero-order valence-electron chi connectivity index (χ0n) is 18.1. The van der Waals surface area contributed by atoms with Crippen LogP contribution in [-0.4, -0.2) is 27.3 Å². The van der Waals surface area contributed by atoms with Crippen molar-refractivity contribution in [2.45, 2.75) is 4.90 Å². The van der Waals surface area contributed by atoms with Crippen LogP contribution in [-0.2, 0) is 9.73 Å². The van der Waals surface area contributed by atoms with Gasteiger partial charge in [0, 0.05) is 34.7 Å². The SMILES string of the molecule is C[S@@](=O)(=NC(=O)c1cncc(C#Cc2ccccc2NC(=O)c2ccco2)c1)c1ccccc1. The highest BCUT2D eigenvalue weighted by Crippen LogP contribution is 2.16. The highest BCUT2D eigenvalue weighted by Gasteiger charge is 2.12. The molecule has 0 bridgehead atoms. The first kappa shape index (κ1) is 22.7. The van der Waals surface area contributed by atoms with Gasteiger partial charge in [-0.25, -0.2) is 4.21 Å². The summed E-state index contributed by atoms with van der Waals surface area (Å²) in [5, 5.41) is 2.77. The molecule has 0 fully saturated rings. The number of carbonyl (C=O) groups excluding carboxylic acids is 2. The number of rotatable bonds is 4. The van der Waals surface area contributed by atoms with E-state index < -0.39 is 21.5 Å². The number of nitrogens with zero attached hydrogens (tertiary/aromatic N) is 2.